The van der Waals surface area contributed by atoms with E-state index in [4.69, 9.17) is 4.52 Å². The van der Waals surface area contributed by atoms with Crippen molar-refractivity contribution in [3.8, 4) is 0 Å². The molecule has 4 heteroatoms. The maximum Gasteiger partial charge on any atom is 0.131 e. The van der Waals surface area contributed by atoms with Gasteiger partial charge in [-0.3, -0.25) is 0 Å². The van der Waals surface area contributed by atoms with Gasteiger partial charge in [0.2, 0.25) is 0 Å². The zero-order valence-electron chi connectivity index (χ0n) is 13.5. The first-order chi connectivity index (χ1) is 10.9. The molecule has 0 bridgehead atoms. The second kappa shape index (κ2) is 10.5. The van der Waals surface area contributed by atoms with Gasteiger partial charge in [0.1, 0.15) is 11.8 Å². The molecule has 2 aromatic carbocycles. The van der Waals surface area contributed by atoms with Crippen molar-refractivity contribution in [2.45, 2.75) is 27.7 Å². The molecule has 0 unspecified atom stereocenters. The van der Waals surface area contributed by atoms with Crippen molar-refractivity contribution in [3.05, 3.63) is 60.2 Å². The SMILES string of the molecule is CC.CC.c1ccc2nocc2c1.c1ccc2nscc2c1. The molecule has 0 saturated carbocycles. The topological polar surface area (TPSA) is 38.9 Å². The lowest BCUT2D eigenvalue weighted by Crippen LogP contribution is -1.61. The minimum Gasteiger partial charge on any atom is -0.364 e. The molecule has 0 amide bonds. The quantitative estimate of drug-likeness (QED) is 0.389. The van der Waals surface area contributed by atoms with Crippen molar-refractivity contribution in [3.63, 3.8) is 0 Å². The van der Waals surface area contributed by atoms with Crippen LogP contribution < -0.4 is 0 Å². The lowest BCUT2D eigenvalue weighted by molar-refractivity contribution is 0.428. The Labute approximate surface area is 135 Å². The molecular formula is C18H22N2OS. The number of rotatable bonds is 0. The van der Waals surface area contributed by atoms with Gasteiger partial charge in [-0.1, -0.05) is 63.2 Å². The van der Waals surface area contributed by atoms with Crippen molar-refractivity contribution in [1.82, 2.24) is 9.53 Å². The Morgan fingerprint density at radius 2 is 1.36 bits per heavy atom. The minimum atomic E-state index is 0.914. The number of benzene rings is 2. The summed E-state index contributed by atoms with van der Waals surface area (Å²) in [7, 11) is 0. The van der Waals surface area contributed by atoms with Crippen LogP contribution in [0.25, 0.3) is 21.8 Å². The van der Waals surface area contributed by atoms with E-state index in [0.717, 1.165) is 16.4 Å². The van der Waals surface area contributed by atoms with Gasteiger partial charge in [0.15, 0.2) is 0 Å². The fraction of sp³-hybridized carbons (Fsp3) is 0.222. The summed E-state index contributed by atoms with van der Waals surface area (Å²) in [6.45, 7) is 8.00. The summed E-state index contributed by atoms with van der Waals surface area (Å²) in [5.74, 6) is 0. The normalized spacial score (nSPS) is 8.91. The highest BCUT2D eigenvalue weighted by Crippen LogP contribution is 2.12. The van der Waals surface area contributed by atoms with Gasteiger partial charge < -0.3 is 4.52 Å². The zero-order chi connectivity index (χ0) is 16.2. The van der Waals surface area contributed by atoms with E-state index in [-0.39, 0.29) is 0 Å². The molecule has 4 rings (SSSR count). The van der Waals surface area contributed by atoms with E-state index >= 15 is 0 Å². The Hall–Kier alpha value is -2.20. The van der Waals surface area contributed by atoms with Crippen molar-refractivity contribution in [2.24, 2.45) is 0 Å². The first-order valence-corrected chi connectivity index (χ1v) is 8.35. The third-order valence-corrected chi connectivity index (χ3v) is 3.20. The summed E-state index contributed by atoms with van der Waals surface area (Å²) in [6.07, 6.45) is 1.63. The Balaban J connectivity index is 0.000000180. The third kappa shape index (κ3) is 4.97. The molecular weight excluding hydrogens is 292 g/mol. The molecule has 2 heterocycles. The third-order valence-electron chi connectivity index (χ3n) is 2.53. The standard InChI is InChI=1S/C7H5NO.C7H5NS.2C2H6/c2*1-2-4-7-6(3-1)5-9-8-7;2*1-2/h2*1-5H;2*1-2H3. The van der Waals surface area contributed by atoms with Crippen LogP contribution in [0.2, 0.25) is 0 Å². The van der Waals surface area contributed by atoms with Crippen LogP contribution in [0.15, 0.2) is 64.7 Å². The largest absolute Gasteiger partial charge is 0.364 e. The van der Waals surface area contributed by atoms with Gasteiger partial charge in [-0.05, 0) is 29.7 Å². The van der Waals surface area contributed by atoms with Gasteiger partial charge in [0, 0.05) is 16.2 Å². The summed E-state index contributed by atoms with van der Waals surface area (Å²) in [4.78, 5) is 0. The van der Waals surface area contributed by atoms with Crippen molar-refractivity contribution < 1.29 is 4.52 Å². The van der Waals surface area contributed by atoms with Crippen LogP contribution in [-0.2, 0) is 0 Å². The maximum atomic E-state index is 4.71. The van der Waals surface area contributed by atoms with Gasteiger partial charge in [-0.2, -0.15) is 4.37 Å². The van der Waals surface area contributed by atoms with E-state index < -0.39 is 0 Å². The predicted octanol–water partition coefficient (Wildman–Crippen LogP) is 6.18. The number of fused-ring (bicyclic) bond motifs is 2. The lowest BCUT2D eigenvalue weighted by Gasteiger charge is -1.80. The summed E-state index contributed by atoms with van der Waals surface area (Å²) >= 11 is 1.50. The molecule has 22 heavy (non-hydrogen) atoms. The van der Waals surface area contributed by atoms with E-state index in [1.54, 1.807) is 6.26 Å². The fourth-order valence-corrected chi connectivity index (χ4v) is 2.27. The second-order valence-corrected chi connectivity index (χ2v) is 4.38. The van der Waals surface area contributed by atoms with Gasteiger partial charge in [0.25, 0.3) is 0 Å². The van der Waals surface area contributed by atoms with Crippen LogP contribution >= 0.6 is 11.5 Å². The van der Waals surface area contributed by atoms with Crippen LogP contribution in [0, 0.1) is 0 Å². The van der Waals surface area contributed by atoms with Gasteiger partial charge in [-0.25, -0.2) is 0 Å². The average Bonchev–Trinajstić information content (AvgIpc) is 3.28. The van der Waals surface area contributed by atoms with E-state index in [0.29, 0.717) is 0 Å². The van der Waals surface area contributed by atoms with E-state index in [2.05, 4.69) is 21.0 Å². The molecule has 0 saturated heterocycles. The molecule has 0 aliphatic heterocycles. The van der Waals surface area contributed by atoms with Gasteiger partial charge in [-0.15, -0.1) is 0 Å². The van der Waals surface area contributed by atoms with Crippen molar-refractivity contribution in [1.29, 1.82) is 0 Å². The smallest absolute Gasteiger partial charge is 0.131 e. The van der Waals surface area contributed by atoms with Crippen molar-refractivity contribution >= 4 is 33.3 Å². The molecule has 0 aliphatic carbocycles. The Bertz CT molecular complexity index is 635. The Kier molecular flexibility index (Phi) is 8.53. The molecule has 3 nitrogen and oxygen atoms in total. The summed E-state index contributed by atoms with van der Waals surface area (Å²) in [5, 5.41) is 8.09. The van der Waals surface area contributed by atoms with E-state index in [1.165, 1.54) is 16.9 Å². The number of hydrogen-bond donors (Lipinski definition) is 0. The fourth-order valence-electron chi connectivity index (χ4n) is 1.62. The number of hydrogen-bond acceptors (Lipinski definition) is 4. The summed E-state index contributed by atoms with van der Waals surface area (Å²) in [6, 6.07) is 15.9. The Morgan fingerprint density at radius 3 is 2.00 bits per heavy atom. The van der Waals surface area contributed by atoms with Crippen molar-refractivity contribution in [2.75, 3.05) is 0 Å². The van der Waals surface area contributed by atoms with Crippen LogP contribution in [0.4, 0.5) is 0 Å². The highest BCUT2D eigenvalue weighted by atomic mass is 32.1. The maximum absolute atomic E-state index is 4.71. The Morgan fingerprint density at radius 1 is 0.773 bits per heavy atom. The molecule has 0 N–H and O–H groups in total. The summed E-state index contributed by atoms with van der Waals surface area (Å²) in [5.41, 5.74) is 2.01. The number of nitrogens with zero attached hydrogens (tertiary/aromatic N) is 2. The second-order valence-electron chi connectivity index (χ2n) is 3.75. The van der Waals surface area contributed by atoms with Gasteiger partial charge >= 0.3 is 0 Å². The molecule has 0 radical (unpaired) electrons. The molecule has 0 fully saturated rings. The molecule has 4 aromatic rings. The van der Waals surface area contributed by atoms with Crippen LogP contribution in [0.1, 0.15) is 27.7 Å². The number of aromatic nitrogens is 2. The van der Waals surface area contributed by atoms with Crippen LogP contribution in [0.5, 0.6) is 0 Å². The summed E-state index contributed by atoms with van der Waals surface area (Å²) < 4.78 is 8.88. The van der Waals surface area contributed by atoms with Crippen LogP contribution in [0.3, 0.4) is 0 Å². The van der Waals surface area contributed by atoms with Crippen LogP contribution in [-0.4, -0.2) is 9.53 Å². The first kappa shape index (κ1) is 17.9. The highest BCUT2D eigenvalue weighted by molar-refractivity contribution is 7.04. The minimum absolute atomic E-state index is 0.914. The lowest BCUT2D eigenvalue weighted by atomic mass is 10.3. The first-order valence-electron chi connectivity index (χ1n) is 7.52. The molecule has 2 aromatic heterocycles. The average molecular weight is 314 g/mol. The monoisotopic (exact) mass is 314 g/mol. The molecule has 0 spiro atoms. The van der Waals surface area contributed by atoms with Gasteiger partial charge in [0.05, 0.1) is 5.52 Å². The molecule has 0 atom stereocenters. The predicted molar refractivity (Wildman–Crippen MR) is 96.3 cm³/mol. The van der Waals surface area contributed by atoms with E-state index in [1.807, 2.05) is 70.2 Å². The highest BCUT2D eigenvalue weighted by Gasteiger charge is 1.91. The molecule has 0 aliphatic rings. The molecule has 116 valence electrons. The van der Waals surface area contributed by atoms with E-state index in [9.17, 15) is 0 Å². The zero-order valence-corrected chi connectivity index (χ0v) is 14.3.